The number of aliphatic hydroxyl groups is 1. The van der Waals surface area contributed by atoms with Crippen LogP contribution in [-0.2, 0) is 0 Å². The lowest BCUT2D eigenvalue weighted by atomic mass is 10.1. The highest BCUT2D eigenvalue weighted by atomic mass is 16.3. The molecule has 0 aliphatic heterocycles. The van der Waals surface area contributed by atoms with Crippen molar-refractivity contribution in [2.24, 2.45) is 0 Å². The Kier molecular flexibility index (Phi) is 1.49. The van der Waals surface area contributed by atoms with Gasteiger partial charge in [-0.05, 0) is 13.3 Å². The lowest BCUT2D eigenvalue weighted by Gasteiger charge is -2.05. The summed E-state index contributed by atoms with van der Waals surface area (Å²) in [6.45, 7) is 3.70. The predicted octanol–water partition coefficient (Wildman–Crippen LogP) is 1.07. The molecule has 1 unspecified atom stereocenters. The van der Waals surface area contributed by atoms with E-state index in [-0.39, 0.29) is 6.10 Å². The van der Waals surface area contributed by atoms with Crippen LogP contribution in [0.4, 0.5) is 0 Å². The highest BCUT2D eigenvalue weighted by molar-refractivity contribution is 5.26. The maximum Gasteiger partial charge on any atom is 0.0758 e. The molecule has 0 aromatic rings. The fraction of sp³-hybridized carbons (Fsp3) is 0.286. The zero-order valence-electron chi connectivity index (χ0n) is 4.67. The van der Waals surface area contributed by atoms with Gasteiger partial charge in [-0.15, -0.1) is 0 Å². The van der Waals surface area contributed by atoms with Gasteiger partial charge in [0.1, 0.15) is 0 Å². The number of allylic oxidation sites excluding steroid dienone is 2. The van der Waals surface area contributed by atoms with E-state index in [1.165, 1.54) is 0 Å². The Morgan fingerprint density at radius 3 is 2.88 bits per heavy atom. The van der Waals surface area contributed by atoms with Gasteiger partial charge in [0, 0.05) is 0 Å². The molecule has 1 radical (unpaired) electrons. The van der Waals surface area contributed by atoms with Crippen LogP contribution in [0.15, 0.2) is 23.8 Å². The lowest BCUT2D eigenvalue weighted by molar-refractivity contribution is 0.225. The van der Waals surface area contributed by atoms with Gasteiger partial charge in [0.05, 0.1) is 6.10 Å². The summed E-state index contributed by atoms with van der Waals surface area (Å²) in [6, 6.07) is 0. The zero-order valence-corrected chi connectivity index (χ0v) is 4.67. The fourth-order valence-corrected chi connectivity index (χ4v) is 0.653. The number of hydrogen-bond acceptors (Lipinski definition) is 1. The molecule has 0 fully saturated rings. The van der Waals surface area contributed by atoms with E-state index in [0.717, 1.165) is 12.0 Å². The zero-order chi connectivity index (χ0) is 5.98. The first-order valence-electron chi connectivity index (χ1n) is 2.67. The maximum absolute atomic E-state index is 8.87. The number of rotatable bonds is 0. The second-order valence-electron chi connectivity index (χ2n) is 1.94. The van der Waals surface area contributed by atoms with Crippen molar-refractivity contribution in [2.45, 2.75) is 12.5 Å². The first-order valence-corrected chi connectivity index (χ1v) is 2.67. The fourth-order valence-electron chi connectivity index (χ4n) is 0.653. The Morgan fingerprint density at radius 1 is 1.75 bits per heavy atom. The quantitative estimate of drug-likeness (QED) is 0.493. The van der Waals surface area contributed by atoms with Crippen LogP contribution in [0.25, 0.3) is 0 Å². The van der Waals surface area contributed by atoms with E-state index < -0.39 is 0 Å². The Morgan fingerprint density at radius 2 is 2.50 bits per heavy atom. The van der Waals surface area contributed by atoms with Crippen LogP contribution in [0.3, 0.4) is 0 Å². The molecule has 0 bridgehead atoms. The summed E-state index contributed by atoms with van der Waals surface area (Å²) in [5, 5.41) is 8.87. The lowest BCUT2D eigenvalue weighted by Crippen LogP contribution is -2.02. The predicted molar refractivity (Wildman–Crippen MR) is 33.2 cm³/mol. The van der Waals surface area contributed by atoms with Gasteiger partial charge >= 0.3 is 0 Å². The summed E-state index contributed by atoms with van der Waals surface area (Å²) < 4.78 is 0. The summed E-state index contributed by atoms with van der Waals surface area (Å²) in [6.07, 6.45) is 5.94. The molecule has 1 aliphatic rings. The van der Waals surface area contributed by atoms with E-state index in [1.807, 2.05) is 12.2 Å². The Hall–Kier alpha value is -0.560. The van der Waals surface area contributed by atoms with Gasteiger partial charge in [-0.2, -0.15) is 0 Å². The van der Waals surface area contributed by atoms with Gasteiger partial charge < -0.3 is 5.11 Å². The first-order chi connectivity index (χ1) is 3.79. The van der Waals surface area contributed by atoms with Crippen LogP contribution in [0.5, 0.6) is 0 Å². The summed E-state index contributed by atoms with van der Waals surface area (Å²) in [7, 11) is 0. The summed E-state index contributed by atoms with van der Waals surface area (Å²) in [5.41, 5.74) is 0.996. The minimum Gasteiger partial charge on any atom is -0.389 e. The van der Waals surface area contributed by atoms with Gasteiger partial charge in [0.2, 0.25) is 0 Å². The van der Waals surface area contributed by atoms with E-state index in [4.69, 9.17) is 5.11 Å². The van der Waals surface area contributed by atoms with E-state index >= 15 is 0 Å². The minimum atomic E-state index is -0.277. The SMILES string of the molecule is [CH2]C1=CCC(O)C=C1. The molecule has 0 saturated heterocycles. The largest absolute Gasteiger partial charge is 0.389 e. The van der Waals surface area contributed by atoms with E-state index in [0.29, 0.717) is 0 Å². The van der Waals surface area contributed by atoms with Gasteiger partial charge in [-0.3, -0.25) is 0 Å². The van der Waals surface area contributed by atoms with Crippen molar-refractivity contribution in [1.82, 2.24) is 0 Å². The average Bonchev–Trinajstić information content (AvgIpc) is 1.77. The molecule has 1 nitrogen and oxygen atoms in total. The molecule has 1 N–H and O–H groups in total. The number of aliphatic hydroxyl groups excluding tert-OH is 1. The van der Waals surface area contributed by atoms with Crippen molar-refractivity contribution >= 4 is 0 Å². The molecule has 0 spiro atoms. The van der Waals surface area contributed by atoms with Crippen LogP contribution in [0, 0.1) is 6.92 Å². The normalized spacial score (nSPS) is 27.8. The third-order valence-corrected chi connectivity index (χ3v) is 1.15. The second kappa shape index (κ2) is 2.14. The molecule has 1 rings (SSSR count). The monoisotopic (exact) mass is 109 g/mol. The molecule has 0 aromatic carbocycles. The average molecular weight is 109 g/mol. The van der Waals surface area contributed by atoms with Crippen molar-refractivity contribution in [1.29, 1.82) is 0 Å². The standard InChI is InChI=1S/C7H9O/c1-6-2-4-7(8)5-3-6/h2-4,7-8H,1,5H2. The molecule has 8 heavy (non-hydrogen) atoms. The molecule has 0 heterocycles. The first kappa shape index (κ1) is 5.57. The van der Waals surface area contributed by atoms with E-state index in [2.05, 4.69) is 6.92 Å². The maximum atomic E-state index is 8.87. The topological polar surface area (TPSA) is 20.2 Å². The summed E-state index contributed by atoms with van der Waals surface area (Å²) >= 11 is 0. The van der Waals surface area contributed by atoms with Crippen molar-refractivity contribution in [2.75, 3.05) is 0 Å². The Bertz CT molecular complexity index is 133. The third kappa shape index (κ3) is 1.20. The molecular formula is C7H9O. The Balaban J connectivity index is 2.58. The van der Waals surface area contributed by atoms with Crippen LogP contribution in [0.2, 0.25) is 0 Å². The van der Waals surface area contributed by atoms with Crippen LogP contribution < -0.4 is 0 Å². The van der Waals surface area contributed by atoms with Crippen LogP contribution in [-0.4, -0.2) is 11.2 Å². The Labute approximate surface area is 49.3 Å². The third-order valence-electron chi connectivity index (χ3n) is 1.15. The van der Waals surface area contributed by atoms with E-state index in [9.17, 15) is 0 Å². The highest BCUT2D eigenvalue weighted by Crippen LogP contribution is 2.07. The smallest absolute Gasteiger partial charge is 0.0758 e. The number of hydrogen-bond donors (Lipinski definition) is 1. The van der Waals surface area contributed by atoms with Crippen LogP contribution in [0.1, 0.15) is 6.42 Å². The summed E-state index contributed by atoms with van der Waals surface area (Å²) in [4.78, 5) is 0. The van der Waals surface area contributed by atoms with Crippen LogP contribution >= 0.6 is 0 Å². The molecule has 0 saturated carbocycles. The van der Waals surface area contributed by atoms with Crippen molar-refractivity contribution in [3.8, 4) is 0 Å². The van der Waals surface area contributed by atoms with Crippen molar-refractivity contribution in [3.63, 3.8) is 0 Å². The van der Waals surface area contributed by atoms with Gasteiger partial charge in [-0.25, -0.2) is 0 Å². The van der Waals surface area contributed by atoms with Gasteiger partial charge in [0.15, 0.2) is 0 Å². The molecule has 1 heteroatoms. The minimum absolute atomic E-state index is 0.277. The molecular weight excluding hydrogens is 100 g/mol. The van der Waals surface area contributed by atoms with Crippen molar-refractivity contribution in [3.05, 3.63) is 30.7 Å². The molecule has 0 amide bonds. The molecule has 1 aliphatic carbocycles. The van der Waals surface area contributed by atoms with Gasteiger partial charge in [-0.1, -0.05) is 23.8 Å². The van der Waals surface area contributed by atoms with Crippen molar-refractivity contribution < 1.29 is 5.11 Å². The highest BCUT2D eigenvalue weighted by Gasteiger charge is 1.99. The second-order valence-corrected chi connectivity index (χ2v) is 1.94. The molecule has 0 aromatic heterocycles. The molecule has 1 atom stereocenters. The van der Waals surface area contributed by atoms with Gasteiger partial charge in [0.25, 0.3) is 0 Å². The summed E-state index contributed by atoms with van der Waals surface area (Å²) in [5.74, 6) is 0. The molecule has 43 valence electrons. The van der Waals surface area contributed by atoms with E-state index in [1.54, 1.807) is 6.08 Å².